The molecule has 1 aromatic heterocycles. The first-order chi connectivity index (χ1) is 7.34. The predicted octanol–water partition coefficient (Wildman–Crippen LogP) is 1.82. The highest BCUT2D eigenvalue weighted by atomic mass is 16.5. The Kier molecular flexibility index (Phi) is 3.38. The van der Waals surface area contributed by atoms with Crippen molar-refractivity contribution in [3.63, 3.8) is 0 Å². The van der Waals surface area contributed by atoms with Gasteiger partial charge in [-0.2, -0.15) is 5.10 Å². The number of aromatic nitrogens is 2. The van der Waals surface area contributed by atoms with E-state index in [1.807, 2.05) is 20.8 Å². The molecule has 0 unspecified atom stereocenters. The van der Waals surface area contributed by atoms with E-state index >= 15 is 0 Å². The summed E-state index contributed by atoms with van der Waals surface area (Å²) in [6, 6.07) is 0. The van der Waals surface area contributed by atoms with Crippen LogP contribution in [-0.2, 0) is 10.3 Å². The van der Waals surface area contributed by atoms with E-state index in [4.69, 9.17) is 11.2 Å². The third kappa shape index (κ3) is 2.86. The van der Waals surface area contributed by atoms with Crippen LogP contribution in [0.1, 0.15) is 38.1 Å². The summed E-state index contributed by atoms with van der Waals surface area (Å²) in [6.07, 6.45) is 7.74. The number of terminal acetylenes is 1. The van der Waals surface area contributed by atoms with E-state index in [2.05, 4.69) is 11.0 Å². The average Bonchev–Trinajstić information content (AvgIpc) is 2.65. The number of rotatable bonds is 2. The number of carbonyl (C=O) groups excluding carboxylic acids is 1. The van der Waals surface area contributed by atoms with Gasteiger partial charge in [0.2, 0.25) is 0 Å². The maximum absolute atomic E-state index is 11.6. The molecule has 1 rings (SSSR count). The number of carbonyl (C=O) groups is 1. The molecule has 0 aliphatic carbocycles. The molecule has 16 heavy (non-hydrogen) atoms. The molecule has 0 saturated heterocycles. The van der Waals surface area contributed by atoms with Crippen molar-refractivity contribution in [2.75, 3.05) is 0 Å². The molecule has 0 fully saturated rings. The summed E-state index contributed by atoms with van der Waals surface area (Å²) in [4.78, 5) is 11.6. The van der Waals surface area contributed by atoms with E-state index in [9.17, 15) is 4.79 Å². The summed E-state index contributed by atoms with van der Waals surface area (Å²) in [6.45, 7) is 7.64. The lowest BCUT2D eigenvalue weighted by molar-refractivity contribution is 0.0438. The maximum Gasteiger partial charge on any atom is 0.342 e. The molecule has 0 aliphatic heterocycles. The number of hydrogen-bond acceptors (Lipinski definition) is 3. The molecule has 86 valence electrons. The lowest BCUT2D eigenvalue weighted by atomic mass is 10.1. The first kappa shape index (κ1) is 12.3. The van der Waals surface area contributed by atoms with Gasteiger partial charge in [0.15, 0.2) is 6.10 Å². The van der Waals surface area contributed by atoms with Crippen molar-refractivity contribution in [2.24, 2.45) is 0 Å². The van der Waals surface area contributed by atoms with E-state index in [1.165, 1.54) is 6.20 Å². The van der Waals surface area contributed by atoms with Crippen LogP contribution in [0.3, 0.4) is 0 Å². The molecule has 4 nitrogen and oxygen atoms in total. The molecule has 0 amide bonds. The maximum atomic E-state index is 11.6. The van der Waals surface area contributed by atoms with Gasteiger partial charge in [0.1, 0.15) is 0 Å². The number of esters is 1. The van der Waals surface area contributed by atoms with Crippen LogP contribution in [0.25, 0.3) is 0 Å². The van der Waals surface area contributed by atoms with Gasteiger partial charge in [-0.3, -0.25) is 4.68 Å². The van der Waals surface area contributed by atoms with E-state index in [-0.39, 0.29) is 5.54 Å². The molecule has 0 spiro atoms. The molecule has 0 aromatic carbocycles. The standard InChI is InChI=1S/C12H16N2O2/c1-6-9(2)16-11(15)10-7-13-14(8-10)12(3,4)5/h1,7-9H,2-5H3/t9-/m0/s1. The molecule has 0 radical (unpaired) electrons. The normalized spacial score (nSPS) is 12.9. The van der Waals surface area contributed by atoms with Crippen molar-refractivity contribution in [1.82, 2.24) is 9.78 Å². The molecular weight excluding hydrogens is 204 g/mol. The second kappa shape index (κ2) is 4.40. The molecule has 0 N–H and O–H groups in total. The zero-order valence-electron chi connectivity index (χ0n) is 10.0. The van der Waals surface area contributed by atoms with Crippen molar-refractivity contribution < 1.29 is 9.53 Å². The molecule has 1 heterocycles. The van der Waals surface area contributed by atoms with Crippen molar-refractivity contribution in [3.05, 3.63) is 18.0 Å². The van der Waals surface area contributed by atoms with Crippen LogP contribution in [0.15, 0.2) is 12.4 Å². The average molecular weight is 220 g/mol. The van der Waals surface area contributed by atoms with Crippen LogP contribution in [0.4, 0.5) is 0 Å². The van der Waals surface area contributed by atoms with Gasteiger partial charge < -0.3 is 4.74 Å². The fourth-order valence-electron chi connectivity index (χ4n) is 1.06. The summed E-state index contributed by atoms with van der Waals surface area (Å²) < 4.78 is 6.70. The predicted molar refractivity (Wildman–Crippen MR) is 60.9 cm³/mol. The highest BCUT2D eigenvalue weighted by Crippen LogP contribution is 2.13. The molecule has 4 heteroatoms. The first-order valence-corrected chi connectivity index (χ1v) is 5.07. The highest BCUT2D eigenvalue weighted by molar-refractivity contribution is 5.89. The van der Waals surface area contributed by atoms with Gasteiger partial charge in [-0.05, 0) is 27.7 Å². The largest absolute Gasteiger partial charge is 0.446 e. The Bertz CT molecular complexity index is 421. The van der Waals surface area contributed by atoms with Gasteiger partial charge in [0.25, 0.3) is 0 Å². The lowest BCUT2D eigenvalue weighted by Crippen LogP contribution is -2.22. The SMILES string of the molecule is C#C[C@H](C)OC(=O)c1cnn(C(C)(C)C)c1. The van der Waals surface area contributed by atoms with E-state index in [0.717, 1.165) is 0 Å². The Labute approximate surface area is 95.6 Å². The minimum atomic E-state index is -0.523. The van der Waals surface area contributed by atoms with Crippen molar-refractivity contribution in [3.8, 4) is 12.3 Å². The van der Waals surface area contributed by atoms with Gasteiger partial charge >= 0.3 is 5.97 Å². The van der Waals surface area contributed by atoms with Crippen molar-refractivity contribution in [1.29, 1.82) is 0 Å². The summed E-state index contributed by atoms with van der Waals surface area (Å²) >= 11 is 0. The van der Waals surface area contributed by atoms with Crippen molar-refractivity contribution >= 4 is 5.97 Å². The Morgan fingerprint density at radius 2 is 2.25 bits per heavy atom. The van der Waals surface area contributed by atoms with Crippen LogP contribution in [0.2, 0.25) is 0 Å². The van der Waals surface area contributed by atoms with Crippen LogP contribution >= 0.6 is 0 Å². The quantitative estimate of drug-likeness (QED) is 0.564. The van der Waals surface area contributed by atoms with Crippen molar-refractivity contribution in [2.45, 2.75) is 39.3 Å². The molecule has 1 atom stereocenters. The monoisotopic (exact) mass is 220 g/mol. The van der Waals surface area contributed by atoms with Crippen LogP contribution in [-0.4, -0.2) is 21.9 Å². The molecule has 1 aromatic rings. The Hall–Kier alpha value is -1.76. The molecular formula is C12H16N2O2. The van der Waals surface area contributed by atoms with Gasteiger partial charge in [0, 0.05) is 6.20 Å². The summed E-state index contributed by atoms with van der Waals surface area (Å²) in [5, 5.41) is 4.11. The van der Waals surface area contributed by atoms with E-state index in [0.29, 0.717) is 5.56 Å². The number of hydrogen-bond donors (Lipinski definition) is 0. The summed E-state index contributed by atoms with van der Waals surface area (Å²) in [5.74, 6) is 1.89. The third-order valence-corrected chi connectivity index (χ3v) is 2.02. The Morgan fingerprint density at radius 1 is 1.62 bits per heavy atom. The minimum Gasteiger partial charge on any atom is -0.446 e. The Morgan fingerprint density at radius 3 is 2.69 bits per heavy atom. The molecule has 0 aliphatic rings. The Balaban J connectivity index is 2.80. The second-order valence-electron chi connectivity index (χ2n) is 4.56. The van der Waals surface area contributed by atoms with Crippen LogP contribution in [0.5, 0.6) is 0 Å². The van der Waals surface area contributed by atoms with Gasteiger partial charge in [-0.15, -0.1) is 6.42 Å². The van der Waals surface area contributed by atoms with E-state index < -0.39 is 12.1 Å². The number of nitrogens with zero attached hydrogens (tertiary/aromatic N) is 2. The minimum absolute atomic E-state index is 0.156. The molecule has 0 bridgehead atoms. The summed E-state index contributed by atoms with van der Waals surface area (Å²) in [5.41, 5.74) is 0.257. The summed E-state index contributed by atoms with van der Waals surface area (Å²) in [7, 11) is 0. The second-order valence-corrected chi connectivity index (χ2v) is 4.56. The van der Waals surface area contributed by atoms with Gasteiger partial charge in [0.05, 0.1) is 17.3 Å². The van der Waals surface area contributed by atoms with Crippen LogP contribution in [0, 0.1) is 12.3 Å². The fraction of sp³-hybridized carbons (Fsp3) is 0.500. The smallest absolute Gasteiger partial charge is 0.342 e. The fourth-order valence-corrected chi connectivity index (χ4v) is 1.06. The molecule has 0 saturated carbocycles. The number of ether oxygens (including phenoxy) is 1. The van der Waals surface area contributed by atoms with Gasteiger partial charge in [-0.25, -0.2) is 4.79 Å². The van der Waals surface area contributed by atoms with Crippen LogP contribution < -0.4 is 0 Å². The van der Waals surface area contributed by atoms with Gasteiger partial charge in [-0.1, -0.05) is 5.92 Å². The van der Waals surface area contributed by atoms with E-state index in [1.54, 1.807) is 17.8 Å². The lowest BCUT2D eigenvalue weighted by Gasteiger charge is -2.18. The third-order valence-electron chi connectivity index (χ3n) is 2.02. The zero-order chi connectivity index (χ0) is 12.3. The highest BCUT2D eigenvalue weighted by Gasteiger charge is 2.18. The zero-order valence-corrected chi connectivity index (χ0v) is 10.0. The first-order valence-electron chi connectivity index (χ1n) is 5.07. The topological polar surface area (TPSA) is 44.1 Å².